The second-order valence-electron chi connectivity index (χ2n) is 3.55. The summed E-state index contributed by atoms with van der Waals surface area (Å²) in [5.41, 5.74) is 1.11. The molecule has 77 valence electrons. The molecule has 4 heteroatoms. The van der Waals surface area contributed by atoms with Gasteiger partial charge in [-0.25, -0.2) is 0 Å². The van der Waals surface area contributed by atoms with Crippen LogP contribution in [0.1, 0.15) is 5.69 Å². The topological polar surface area (TPSA) is 30.3 Å². The highest BCUT2D eigenvalue weighted by molar-refractivity contribution is 4.93. The van der Waals surface area contributed by atoms with Crippen molar-refractivity contribution in [1.29, 1.82) is 0 Å². The second-order valence-corrected chi connectivity index (χ2v) is 3.55. The van der Waals surface area contributed by atoms with Crippen LogP contribution in [-0.4, -0.2) is 47.5 Å². The average molecular weight is 194 g/mol. The monoisotopic (exact) mass is 194 g/mol. The number of aromatic nitrogens is 2. The van der Waals surface area contributed by atoms with Crippen molar-refractivity contribution >= 4 is 0 Å². The zero-order chi connectivity index (χ0) is 9.80. The van der Waals surface area contributed by atoms with Crippen LogP contribution in [0.2, 0.25) is 0 Å². The Hall–Kier alpha value is -0.870. The van der Waals surface area contributed by atoms with Gasteiger partial charge in [0.15, 0.2) is 0 Å². The van der Waals surface area contributed by atoms with Crippen LogP contribution >= 0.6 is 0 Å². The van der Waals surface area contributed by atoms with E-state index in [0.29, 0.717) is 0 Å². The average Bonchev–Trinajstić information content (AvgIpc) is 2.63. The highest BCUT2D eigenvalue weighted by Crippen LogP contribution is 1.99. The van der Waals surface area contributed by atoms with Crippen molar-refractivity contribution in [3.63, 3.8) is 0 Å². The van der Waals surface area contributed by atoms with Crippen molar-refractivity contribution in [2.24, 2.45) is 0 Å². The minimum atomic E-state index is 0.865. The molecule has 0 bridgehead atoms. The fraction of sp³-hybridized carbons (Fsp3) is 0.700. The Kier molecular flexibility index (Phi) is 3.16. The summed E-state index contributed by atoms with van der Waals surface area (Å²) in [7, 11) is 0. The fourth-order valence-electron chi connectivity index (χ4n) is 1.64. The van der Waals surface area contributed by atoms with E-state index in [-0.39, 0.29) is 0 Å². The van der Waals surface area contributed by atoms with E-state index in [1.165, 1.54) is 0 Å². The third kappa shape index (κ3) is 2.33. The van der Waals surface area contributed by atoms with Crippen LogP contribution in [-0.2, 0) is 11.3 Å². The zero-order valence-electron chi connectivity index (χ0n) is 8.57. The maximum atomic E-state index is 5.29. The van der Waals surface area contributed by atoms with Gasteiger partial charge in [-0.05, 0) is 6.92 Å². The number of aryl methyl sites for hydroxylation is 1. The normalized spacial score (nSPS) is 18.6. The molecule has 0 aromatic carbocycles. The van der Waals surface area contributed by atoms with Crippen molar-refractivity contribution < 1.29 is 4.74 Å². The summed E-state index contributed by atoms with van der Waals surface area (Å²) >= 11 is 0. The predicted molar refractivity (Wildman–Crippen MR) is 53.1 cm³/mol. The molecule has 2 heterocycles. The van der Waals surface area contributed by atoms with E-state index in [0.717, 1.165) is 45.1 Å². The standard InChI is InChI=1S/C10H16N3O/c1-10-2-3-11-13(10)5-4-12-6-8-14-9-7-12/h3H,4-9H2,1H3. The third-order valence-electron chi connectivity index (χ3n) is 2.59. The molecule has 0 unspecified atom stereocenters. The van der Waals surface area contributed by atoms with Gasteiger partial charge in [0, 0.05) is 31.4 Å². The first-order chi connectivity index (χ1) is 6.86. The summed E-state index contributed by atoms with van der Waals surface area (Å²) in [6.07, 6.45) is 1.73. The highest BCUT2D eigenvalue weighted by Gasteiger charge is 2.10. The summed E-state index contributed by atoms with van der Waals surface area (Å²) in [5, 5.41) is 4.20. The molecule has 0 spiro atoms. The molecule has 1 aliphatic rings. The molecule has 0 N–H and O–H groups in total. The fourth-order valence-corrected chi connectivity index (χ4v) is 1.64. The Bertz CT molecular complexity index is 279. The Morgan fingerprint density at radius 3 is 2.86 bits per heavy atom. The molecular weight excluding hydrogens is 178 g/mol. The van der Waals surface area contributed by atoms with Crippen molar-refractivity contribution in [1.82, 2.24) is 14.7 Å². The van der Waals surface area contributed by atoms with Crippen LogP contribution < -0.4 is 0 Å². The first kappa shape index (κ1) is 9.68. The largest absolute Gasteiger partial charge is 0.379 e. The molecule has 1 aromatic rings. The molecule has 0 amide bonds. The smallest absolute Gasteiger partial charge is 0.0594 e. The molecule has 1 radical (unpaired) electrons. The van der Waals surface area contributed by atoms with Gasteiger partial charge in [0.1, 0.15) is 0 Å². The summed E-state index contributed by atoms with van der Waals surface area (Å²) in [4.78, 5) is 2.41. The van der Waals surface area contributed by atoms with Gasteiger partial charge in [0.05, 0.1) is 26.0 Å². The van der Waals surface area contributed by atoms with Crippen LogP contribution in [0.5, 0.6) is 0 Å². The van der Waals surface area contributed by atoms with Crippen molar-refractivity contribution in [2.75, 3.05) is 32.8 Å². The van der Waals surface area contributed by atoms with Crippen LogP contribution in [0, 0.1) is 13.0 Å². The maximum absolute atomic E-state index is 5.29. The summed E-state index contributed by atoms with van der Waals surface area (Å²) in [6.45, 7) is 7.86. The SMILES string of the molecule is Cc1[c]cnn1CCN1CCOCC1. The van der Waals surface area contributed by atoms with Gasteiger partial charge >= 0.3 is 0 Å². The Morgan fingerprint density at radius 1 is 1.43 bits per heavy atom. The van der Waals surface area contributed by atoms with Crippen molar-refractivity contribution in [3.8, 4) is 0 Å². The van der Waals surface area contributed by atoms with E-state index >= 15 is 0 Å². The molecule has 1 aliphatic heterocycles. The molecule has 0 saturated carbocycles. The molecule has 2 rings (SSSR count). The predicted octanol–water partition coefficient (Wildman–Crippen LogP) is 0.324. The van der Waals surface area contributed by atoms with Gasteiger partial charge in [-0.1, -0.05) is 0 Å². The summed E-state index contributed by atoms with van der Waals surface area (Å²) in [5.74, 6) is 0. The molecule has 0 aliphatic carbocycles. The lowest BCUT2D eigenvalue weighted by atomic mass is 10.4. The van der Waals surface area contributed by atoms with Gasteiger partial charge in [-0.15, -0.1) is 0 Å². The lowest BCUT2D eigenvalue weighted by Gasteiger charge is -2.26. The highest BCUT2D eigenvalue weighted by atomic mass is 16.5. The number of ether oxygens (including phenoxy) is 1. The Balaban J connectivity index is 1.79. The molecule has 1 saturated heterocycles. The zero-order valence-corrected chi connectivity index (χ0v) is 8.57. The molecule has 0 atom stereocenters. The van der Waals surface area contributed by atoms with E-state index in [2.05, 4.69) is 16.1 Å². The number of rotatable bonds is 3. The lowest BCUT2D eigenvalue weighted by molar-refractivity contribution is 0.0359. The van der Waals surface area contributed by atoms with Crippen molar-refractivity contribution in [3.05, 3.63) is 18.0 Å². The molecule has 4 nitrogen and oxygen atoms in total. The van der Waals surface area contributed by atoms with E-state index in [4.69, 9.17) is 4.74 Å². The first-order valence-corrected chi connectivity index (χ1v) is 5.06. The molecule has 1 aromatic heterocycles. The number of hydrogen-bond donors (Lipinski definition) is 0. The van der Waals surface area contributed by atoms with Gasteiger partial charge in [0.2, 0.25) is 0 Å². The van der Waals surface area contributed by atoms with E-state index in [1.807, 2.05) is 11.6 Å². The van der Waals surface area contributed by atoms with Gasteiger partial charge < -0.3 is 4.74 Å². The Morgan fingerprint density at radius 2 is 2.21 bits per heavy atom. The number of morpholine rings is 1. The van der Waals surface area contributed by atoms with Crippen LogP contribution in [0.15, 0.2) is 6.20 Å². The Labute approximate surface area is 84.5 Å². The minimum absolute atomic E-state index is 0.865. The van der Waals surface area contributed by atoms with Gasteiger partial charge in [-0.2, -0.15) is 5.10 Å². The van der Waals surface area contributed by atoms with Gasteiger partial charge in [-0.3, -0.25) is 9.58 Å². The molecule has 14 heavy (non-hydrogen) atoms. The number of hydrogen-bond acceptors (Lipinski definition) is 3. The number of nitrogens with zero attached hydrogens (tertiary/aromatic N) is 3. The molecule has 1 fully saturated rings. The van der Waals surface area contributed by atoms with E-state index < -0.39 is 0 Å². The quantitative estimate of drug-likeness (QED) is 0.694. The van der Waals surface area contributed by atoms with Gasteiger partial charge in [0.25, 0.3) is 0 Å². The summed E-state index contributed by atoms with van der Waals surface area (Å²) in [6, 6.07) is 3.06. The summed E-state index contributed by atoms with van der Waals surface area (Å²) < 4.78 is 7.29. The lowest BCUT2D eigenvalue weighted by Crippen LogP contribution is -2.38. The molecular formula is C10H16N3O. The van der Waals surface area contributed by atoms with Crippen LogP contribution in [0.4, 0.5) is 0 Å². The first-order valence-electron chi connectivity index (χ1n) is 5.06. The maximum Gasteiger partial charge on any atom is 0.0594 e. The van der Waals surface area contributed by atoms with Crippen LogP contribution in [0.25, 0.3) is 0 Å². The minimum Gasteiger partial charge on any atom is -0.379 e. The second kappa shape index (κ2) is 4.57. The third-order valence-corrected chi connectivity index (χ3v) is 2.59. The van der Waals surface area contributed by atoms with Crippen LogP contribution in [0.3, 0.4) is 0 Å². The van der Waals surface area contributed by atoms with E-state index in [9.17, 15) is 0 Å². The van der Waals surface area contributed by atoms with Crippen molar-refractivity contribution in [2.45, 2.75) is 13.5 Å². The van der Waals surface area contributed by atoms with E-state index in [1.54, 1.807) is 6.20 Å².